The highest BCUT2D eigenvalue weighted by Crippen LogP contribution is 2.72. The van der Waals surface area contributed by atoms with Crippen molar-refractivity contribution in [3.05, 3.63) is 22.8 Å². The van der Waals surface area contributed by atoms with Gasteiger partial charge in [0.15, 0.2) is 17.2 Å². The predicted molar refractivity (Wildman–Crippen MR) is 109 cm³/mol. The second-order valence-corrected chi connectivity index (χ2v) is 10.9. The quantitative estimate of drug-likeness (QED) is 0.617. The molecular weight excluding hydrogens is 388 g/mol. The van der Waals surface area contributed by atoms with Gasteiger partial charge < -0.3 is 4.74 Å². The normalized spacial score (nSPS) is 49.7. The van der Waals surface area contributed by atoms with Crippen molar-refractivity contribution in [3.8, 4) is 0 Å². The number of carbonyl (C=O) groups excluding carboxylic acids is 3. The van der Waals surface area contributed by atoms with E-state index < -0.39 is 5.60 Å². The molecule has 5 heteroatoms. The van der Waals surface area contributed by atoms with Gasteiger partial charge in [0.25, 0.3) is 0 Å². The molecule has 0 amide bonds. The zero-order chi connectivity index (χ0) is 20.9. The molecule has 3 fully saturated rings. The van der Waals surface area contributed by atoms with Crippen LogP contribution in [0.4, 0.5) is 0 Å². The third kappa shape index (κ3) is 2.24. The topological polar surface area (TPSA) is 60.4 Å². The lowest BCUT2D eigenvalue weighted by molar-refractivity contribution is -0.185. The van der Waals surface area contributed by atoms with Crippen LogP contribution < -0.4 is 0 Å². The summed E-state index contributed by atoms with van der Waals surface area (Å²) in [5.41, 5.74) is -0.455. The summed E-state index contributed by atoms with van der Waals surface area (Å²) < 4.78 is 5.82. The lowest BCUT2D eigenvalue weighted by atomic mass is 9.47. The standard InChI is InChI=1S/C24H29ClO4/c1-12(26)24(29-13(2)27)8-6-16-14-10-20(25)19-11-21(28)15-9-18(15)23(19,4)17(14)5-7-22(16,24)3/h10-11,14-18H,5-9H2,1-4H3/t14-,15-,16-,17-,18+,22-,23-,24-/m0/s1. The summed E-state index contributed by atoms with van der Waals surface area (Å²) in [5.74, 6) is 1.27. The first-order chi connectivity index (χ1) is 13.6. The molecule has 0 aromatic heterocycles. The second-order valence-electron chi connectivity index (χ2n) is 10.5. The molecule has 5 aliphatic carbocycles. The van der Waals surface area contributed by atoms with Gasteiger partial charge in [-0.15, -0.1) is 0 Å². The number of rotatable bonds is 2. The van der Waals surface area contributed by atoms with Crippen LogP contribution in [-0.2, 0) is 19.1 Å². The molecule has 3 saturated carbocycles. The van der Waals surface area contributed by atoms with Crippen LogP contribution in [0.25, 0.3) is 0 Å². The molecule has 4 nitrogen and oxygen atoms in total. The first kappa shape index (κ1) is 19.5. The van der Waals surface area contributed by atoms with E-state index in [1.165, 1.54) is 6.92 Å². The van der Waals surface area contributed by atoms with Crippen molar-refractivity contribution in [2.24, 2.45) is 40.4 Å². The third-order valence-corrected chi connectivity index (χ3v) is 9.83. The van der Waals surface area contributed by atoms with Crippen molar-refractivity contribution < 1.29 is 19.1 Å². The van der Waals surface area contributed by atoms with E-state index in [0.29, 0.717) is 23.3 Å². The number of fused-ring (bicyclic) bond motifs is 7. The van der Waals surface area contributed by atoms with Gasteiger partial charge in [-0.05, 0) is 74.3 Å². The van der Waals surface area contributed by atoms with Crippen LogP contribution in [0.15, 0.2) is 22.8 Å². The largest absolute Gasteiger partial charge is 0.451 e. The molecule has 0 aliphatic heterocycles. The van der Waals surface area contributed by atoms with Gasteiger partial charge >= 0.3 is 5.97 Å². The molecule has 0 unspecified atom stereocenters. The summed E-state index contributed by atoms with van der Waals surface area (Å²) in [7, 11) is 0. The Morgan fingerprint density at radius 3 is 2.45 bits per heavy atom. The van der Waals surface area contributed by atoms with Crippen LogP contribution in [0.5, 0.6) is 0 Å². The van der Waals surface area contributed by atoms with E-state index in [1.54, 1.807) is 6.92 Å². The molecule has 5 aliphatic rings. The van der Waals surface area contributed by atoms with E-state index >= 15 is 0 Å². The Hall–Kier alpha value is -1.42. The SMILES string of the molecule is CC(=O)O[C@]1(C(C)=O)CC[C@H]2[C@@H]3C=C(Cl)C4=CC(=O)[C@H]5C[C@H]5[C@]4(C)[C@H]3CC[C@@]21C. The third-order valence-electron chi connectivity index (χ3n) is 9.50. The molecule has 0 bridgehead atoms. The maximum atomic E-state index is 12.8. The molecule has 0 aromatic rings. The Labute approximate surface area is 177 Å². The van der Waals surface area contributed by atoms with Crippen LogP contribution >= 0.6 is 11.6 Å². The van der Waals surface area contributed by atoms with Crippen molar-refractivity contribution in [3.63, 3.8) is 0 Å². The number of hydrogen-bond acceptors (Lipinski definition) is 4. The predicted octanol–water partition coefficient (Wildman–Crippen LogP) is 4.61. The fourth-order valence-electron chi connectivity index (χ4n) is 8.03. The maximum absolute atomic E-state index is 12.8. The Bertz CT molecular complexity index is 903. The van der Waals surface area contributed by atoms with Gasteiger partial charge in [0.05, 0.1) is 0 Å². The fourth-order valence-corrected chi connectivity index (χ4v) is 8.43. The second kappa shape index (κ2) is 5.84. The molecule has 0 spiro atoms. The summed E-state index contributed by atoms with van der Waals surface area (Å²) in [4.78, 5) is 37.1. The van der Waals surface area contributed by atoms with Gasteiger partial charge in [-0.25, -0.2) is 0 Å². The molecule has 0 saturated heterocycles. The van der Waals surface area contributed by atoms with E-state index in [9.17, 15) is 14.4 Å². The minimum Gasteiger partial charge on any atom is -0.451 e. The number of hydrogen-bond donors (Lipinski definition) is 0. The van der Waals surface area contributed by atoms with Crippen LogP contribution in [0.3, 0.4) is 0 Å². The number of carbonyl (C=O) groups is 3. The number of allylic oxidation sites excluding steroid dienone is 4. The van der Waals surface area contributed by atoms with E-state index in [-0.39, 0.29) is 46.1 Å². The summed E-state index contributed by atoms with van der Waals surface area (Å²) >= 11 is 6.79. The highest BCUT2D eigenvalue weighted by Gasteiger charge is 2.70. The van der Waals surface area contributed by atoms with E-state index in [4.69, 9.17) is 16.3 Å². The van der Waals surface area contributed by atoms with Gasteiger partial charge in [0, 0.05) is 28.7 Å². The lowest BCUT2D eigenvalue weighted by Gasteiger charge is -2.57. The minimum atomic E-state index is -1.03. The van der Waals surface area contributed by atoms with E-state index in [0.717, 1.165) is 31.3 Å². The van der Waals surface area contributed by atoms with Crippen molar-refractivity contribution in [1.29, 1.82) is 0 Å². The summed E-state index contributed by atoms with van der Waals surface area (Å²) in [5, 5.41) is 0.713. The first-order valence-electron chi connectivity index (χ1n) is 10.9. The highest BCUT2D eigenvalue weighted by atomic mass is 35.5. The number of halogens is 1. The van der Waals surface area contributed by atoms with Crippen LogP contribution in [0.1, 0.15) is 59.8 Å². The Morgan fingerprint density at radius 1 is 1.10 bits per heavy atom. The molecule has 0 N–H and O–H groups in total. The van der Waals surface area contributed by atoms with Crippen molar-refractivity contribution in [2.45, 2.75) is 65.4 Å². The Morgan fingerprint density at radius 2 is 1.79 bits per heavy atom. The Balaban J connectivity index is 1.60. The number of ether oxygens (including phenoxy) is 1. The van der Waals surface area contributed by atoms with Crippen LogP contribution in [-0.4, -0.2) is 23.1 Å². The molecule has 29 heavy (non-hydrogen) atoms. The summed E-state index contributed by atoms with van der Waals surface area (Å²) in [6.45, 7) is 7.42. The lowest BCUT2D eigenvalue weighted by Crippen LogP contribution is -2.58. The van der Waals surface area contributed by atoms with Gasteiger partial charge in [-0.3, -0.25) is 14.4 Å². The molecule has 0 heterocycles. The van der Waals surface area contributed by atoms with Crippen LogP contribution in [0.2, 0.25) is 0 Å². The smallest absolute Gasteiger partial charge is 0.303 e. The number of esters is 1. The zero-order valence-corrected chi connectivity index (χ0v) is 18.3. The zero-order valence-electron chi connectivity index (χ0n) is 17.6. The molecule has 156 valence electrons. The highest BCUT2D eigenvalue weighted by molar-refractivity contribution is 6.32. The van der Waals surface area contributed by atoms with E-state index in [1.807, 2.05) is 6.08 Å². The fraction of sp³-hybridized carbons (Fsp3) is 0.708. The van der Waals surface area contributed by atoms with Crippen LogP contribution in [0, 0.1) is 40.4 Å². The maximum Gasteiger partial charge on any atom is 0.303 e. The first-order valence-corrected chi connectivity index (χ1v) is 11.3. The number of Topliss-reactive ketones (excluding diaryl/α,β-unsaturated/α-hetero) is 1. The molecule has 0 radical (unpaired) electrons. The molecule has 5 rings (SSSR count). The number of ketones is 2. The molecular formula is C24H29ClO4. The summed E-state index contributed by atoms with van der Waals surface area (Å²) in [6.07, 6.45) is 8.18. The molecule has 8 atom stereocenters. The average Bonchev–Trinajstić information content (AvgIpc) is 3.39. The van der Waals surface area contributed by atoms with Crippen molar-refractivity contribution in [1.82, 2.24) is 0 Å². The van der Waals surface area contributed by atoms with E-state index in [2.05, 4.69) is 19.9 Å². The summed E-state index contributed by atoms with van der Waals surface area (Å²) in [6, 6.07) is 0. The Kier molecular flexibility index (Phi) is 3.93. The van der Waals surface area contributed by atoms with Crippen molar-refractivity contribution >= 4 is 29.1 Å². The van der Waals surface area contributed by atoms with Crippen molar-refractivity contribution in [2.75, 3.05) is 0 Å². The van der Waals surface area contributed by atoms with Gasteiger partial charge in [-0.2, -0.15) is 0 Å². The minimum absolute atomic E-state index is 0.0423. The monoisotopic (exact) mass is 416 g/mol. The van der Waals surface area contributed by atoms with Gasteiger partial charge in [0.1, 0.15) is 0 Å². The van der Waals surface area contributed by atoms with Gasteiger partial charge in [0.2, 0.25) is 0 Å². The average molecular weight is 417 g/mol. The molecule has 0 aromatic carbocycles. The van der Waals surface area contributed by atoms with Gasteiger partial charge in [-0.1, -0.05) is 31.5 Å².